The van der Waals surface area contributed by atoms with Gasteiger partial charge in [0, 0.05) is 11.1 Å². The number of nitrogens with zero attached hydrogens (tertiary/aromatic N) is 1. The fraction of sp³-hybridized carbons (Fsp3) is 0.310. The van der Waals surface area contributed by atoms with E-state index >= 15 is 4.39 Å². The molecule has 0 aromatic heterocycles. The zero-order valence-corrected chi connectivity index (χ0v) is 26.8. The molecule has 244 valence electrons. The maximum absolute atomic E-state index is 15.1. The highest BCUT2D eigenvalue weighted by Gasteiger charge is 2.35. The van der Waals surface area contributed by atoms with Crippen molar-refractivity contribution >= 4 is 49.2 Å². The summed E-state index contributed by atoms with van der Waals surface area (Å²) in [7, 11) is -9.17. The number of hydrogen-bond acceptors (Lipinski definition) is 7. The number of alkyl carbamates (subject to hydrolysis) is 1. The average molecular weight is 691 g/mol. The topological polar surface area (TPSA) is 147 Å². The third-order valence-electron chi connectivity index (χ3n) is 6.21. The Balaban J connectivity index is 2.08. The maximum Gasteiger partial charge on any atom is 0.408 e. The summed E-state index contributed by atoms with van der Waals surface area (Å²) in [5.74, 6) is -6.87. The van der Waals surface area contributed by atoms with Gasteiger partial charge in [-0.05, 0) is 87.4 Å². The number of ether oxygens (including phenoxy) is 1. The molecule has 0 aliphatic heterocycles. The standard InChI is InChI=1S/C29H30ClF3N2O8S2/c1-17(35(26-14-21(32)8-12-24(26)33)45(41,42)22-9-5-19(30)6-10-22)23-11-7-20(31)13-18(23)15-44(39,40)16-25(27(36)37)34-28(38)43-29(2,3)4/h5-14,17,25H,15-16H2,1-4H3,(H,34,38)(H,36,37)/t17-,25-/m1/s1. The molecule has 16 heteroatoms. The van der Waals surface area contributed by atoms with Gasteiger partial charge in [-0.15, -0.1) is 0 Å². The van der Waals surface area contributed by atoms with Crippen LogP contribution in [0.5, 0.6) is 0 Å². The Morgan fingerprint density at radius 2 is 1.53 bits per heavy atom. The summed E-state index contributed by atoms with van der Waals surface area (Å²) in [5.41, 5.74) is -2.15. The van der Waals surface area contributed by atoms with Gasteiger partial charge in [0.15, 0.2) is 9.84 Å². The molecule has 0 radical (unpaired) electrons. The fourth-order valence-electron chi connectivity index (χ4n) is 4.33. The van der Waals surface area contributed by atoms with E-state index in [1.54, 1.807) is 0 Å². The van der Waals surface area contributed by atoms with Crippen molar-refractivity contribution in [3.63, 3.8) is 0 Å². The molecule has 0 unspecified atom stereocenters. The van der Waals surface area contributed by atoms with Crippen molar-refractivity contribution < 1.29 is 49.4 Å². The molecule has 45 heavy (non-hydrogen) atoms. The van der Waals surface area contributed by atoms with Crippen LogP contribution in [-0.2, 0) is 35.1 Å². The monoisotopic (exact) mass is 690 g/mol. The van der Waals surface area contributed by atoms with E-state index in [-0.39, 0.29) is 21.0 Å². The second kappa shape index (κ2) is 13.7. The van der Waals surface area contributed by atoms with Crippen molar-refractivity contribution in [3.05, 3.63) is 94.3 Å². The fourth-order valence-corrected chi connectivity index (χ4v) is 7.67. The molecule has 0 fully saturated rings. The highest BCUT2D eigenvalue weighted by atomic mass is 35.5. The molecule has 10 nitrogen and oxygen atoms in total. The van der Waals surface area contributed by atoms with Crippen LogP contribution < -0.4 is 9.62 Å². The van der Waals surface area contributed by atoms with Gasteiger partial charge in [-0.2, -0.15) is 0 Å². The molecule has 3 aromatic rings. The van der Waals surface area contributed by atoms with Gasteiger partial charge in [-0.1, -0.05) is 17.7 Å². The van der Waals surface area contributed by atoms with Crippen LogP contribution in [-0.4, -0.2) is 51.4 Å². The lowest BCUT2D eigenvalue weighted by Gasteiger charge is -2.32. The number of sulfonamides is 1. The third-order valence-corrected chi connectivity index (χ3v) is 9.95. The number of carboxylic acids is 1. The predicted molar refractivity (Wildman–Crippen MR) is 161 cm³/mol. The first-order chi connectivity index (χ1) is 20.7. The number of nitrogens with one attached hydrogen (secondary N) is 1. The van der Waals surface area contributed by atoms with Crippen molar-refractivity contribution in [1.29, 1.82) is 0 Å². The lowest BCUT2D eigenvalue weighted by Crippen LogP contribution is -2.47. The van der Waals surface area contributed by atoms with Gasteiger partial charge in [0.25, 0.3) is 10.0 Å². The van der Waals surface area contributed by atoms with Gasteiger partial charge in [0.1, 0.15) is 29.1 Å². The molecule has 3 aromatic carbocycles. The lowest BCUT2D eigenvalue weighted by atomic mass is 10.0. The van der Waals surface area contributed by atoms with E-state index in [4.69, 9.17) is 16.3 Å². The molecule has 0 aliphatic rings. The van der Waals surface area contributed by atoms with Gasteiger partial charge >= 0.3 is 12.1 Å². The third kappa shape index (κ3) is 9.34. The number of halogens is 4. The molecule has 1 amide bonds. The number of anilines is 1. The Morgan fingerprint density at radius 1 is 0.956 bits per heavy atom. The molecule has 3 rings (SSSR count). The molecule has 0 saturated heterocycles. The summed E-state index contributed by atoms with van der Waals surface area (Å²) in [6.45, 7) is 5.79. The Labute approximate surface area is 263 Å². The van der Waals surface area contributed by atoms with Crippen molar-refractivity contribution in [1.82, 2.24) is 5.32 Å². The Bertz CT molecular complexity index is 1800. The number of carbonyl (C=O) groups is 2. The van der Waals surface area contributed by atoms with E-state index in [1.807, 2.05) is 5.32 Å². The summed E-state index contributed by atoms with van der Waals surface area (Å²) >= 11 is 5.89. The van der Waals surface area contributed by atoms with Crippen LogP contribution in [0, 0.1) is 17.5 Å². The number of hydrogen-bond donors (Lipinski definition) is 2. The number of carbonyl (C=O) groups excluding carboxylic acids is 1. The van der Waals surface area contributed by atoms with E-state index in [1.165, 1.54) is 39.8 Å². The van der Waals surface area contributed by atoms with Gasteiger partial charge in [-0.3, -0.25) is 4.31 Å². The summed E-state index contributed by atoms with van der Waals surface area (Å²) in [4.78, 5) is 23.6. The van der Waals surface area contributed by atoms with Crippen LogP contribution >= 0.6 is 11.6 Å². The quantitative estimate of drug-likeness (QED) is 0.264. The van der Waals surface area contributed by atoms with Crippen LogP contribution in [0.2, 0.25) is 5.02 Å². The highest BCUT2D eigenvalue weighted by Crippen LogP contribution is 2.37. The van der Waals surface area contributed by atoms with E-state index < -0.39 is 84.3 Å². The first-order valence-electron chi connectivity index (χ1n) is 13.2. The highest BCUT2D eigenvalue weighted by molar-refractivity contribution is 7.92. The molecule has 0 heterocycles. The lowest BCUT2D eigenvalue weighted by molar-refractivity contribution is -0.138. The molecule has 0 aliphatic carbocycles. The number of benzene rings is 3. The van der Waals surface area contributed by atoms with Gasteiger partial charge in [0.05, 0.1) is 28.1 Å². The Morgan fingerprint density at radius 3 is 2.11 bits per heavy atom. The first-order valence-corrected chi connectivity index (χ1v) is 16.8. The SMILES string of the molecule is C[C@H](c1ccc(F)cc1CS(=O)(=O)C[C@@H](NC(=O)OC(C)(C)C)C(=O)O)N(c1cc(F)ccc1F)S(=O)(=O)c1ccc(Cl)cc1. The van der Waals surface area contributed by atoms with Gasteiger partial charge in [0.2, 0.25) is 0 Å². The molecule has 0 bridgehead atoms. The number of amides is 1. The molecule has 0 saturated carbocycles. The molecule has 0 spiro atoms. The predicted octanol–water partition coefficient (Wildman–Crippen LogP) is 5.61. The molecular formula is C29H30ClF3N2O8S2. The second-order valence-corrected chi connectivity index (χ2v) is 15.3. The molecule has 2 N–H and O–H groups in total. The van der Waals surface area contributed by atoms with E-state index in [2.05, 4.69) is 0 Å². The zero-order chi connectivity index (χ0) is 33.9. The van der Waals surface area contributed by atoms with E-state index in [0.29, 0.717) is 16.4 Å². The zero-order valence-electron chi connectivity index (χ0n) is 24.4. The normalized spacial score (nSPS) is 13.5. The summed E-state index contributed by atoms with van der Waals surface area (Å²) < 4.78 is 104. The minimum atomic E-state index is -4.70. The van der Waals surface area contributed by atoms with E-state index in [0.717, 1.165) is 36.4 Å². The van der Waals surface area contributed by atoms with Crippen molar-refractivity contribution in [2.45, 2.75) is 56.0 Å². The van der Waals surface area contributed by atoms with Crippen molar-refractivity contribution in [2.24, 2.45) is 0 Å². The van der Waals surface area contributed by atoms with Crippen molar-refractivity contribution in [2.75, 3.05) is 10.1 Å². The molecule has 2 atom stereocenters. The van der Waals surface area contributed by atoms with Crippen molar-refractivity contribution in [3.8, 4) is 0 Å². The minimum Gasteiger partial charge on any atom is -0.480 e. The number of sulfone groups is 1. The molecular weight excluding hydrogens is 661 g/mol. The van der Waals surface area contributed by atoms with Crippen LogP contribution in [0.25, 0.3) is 0 Å². The Hall–Kier alpha value is -3.82. The number of aliphatic carboxylic acids is 1. The van der Waals surface area contributed by atoms with Crippen LogP contribution in [0.3, 0.4) is 0 Å². The van der Waals surface area contributed by atoms with Crippen LogP contribution in [0.1, 0.15) is 44.9 Å². The van der Waals surface area contributed by atoms with Gasteiger partial charge in [-0.25, -0.2) is 39.6 Å². The first kappa shape index (κ1) is 35.7. The van der Waals surface area contributed by atoms with Gasteiger partial charge < -0.3 is 15.2 Å². The Kier molecular flexibility index (Phi) is 10.8. The van der Waals surface area contributed by atoms with Crippen LogP contribution in [0.15, 0.2) is 65.6 Å². The summed E-state index contributed by atoms with van der Waals surface area (Å²) in [5, 5.41) is 11.7. The largest absolute Gasteiger partial charge is 0.480 e. The number of carboxylic acid groups (broad SMARTS) is 1. The average Bonchev–Trinajstić information content (AvgIpc) is 2.89. The maximum atomic E-state index is 15.1. The van der Waals surface area contributed by atoms with E-state index in [9.17, 15) is 40.3 Å². The van der Waals surface area contributed by atoms with Crippen LogP contribution in [0.4, 0.5) is 23.7 Å². The second-order valence-electron chi connectivity index (χ2n) is 11.0. The summed E-state index contributed by atoms with van der Waals surface area (Å²) in [6.07, 6.45) is -1.19. The number of rotatable bonds is 11. The minimum absolute atomic E-state index is 0.117. The smallest absolute Gasteiger partial charge is 0.408 e. The summed E-state index contributed by atoms with van der Waals surface area (Å²) in [6, 6.07) is 6.29.